The van der Waals surface area contributed by atoms with Crippen LogP contribution in [0.2, 0.25) is 0 Å². The zero-order valence-electron chi connectivity index (χ0n) is 9.82. The van der Waals surface area contributed by atoms with E-state index in [1.165, 1.54) is 12.0 Å². The van der Waals surface area contributed by atoms with Crippen LogP contribution in [0.15, 0.2) is 24.5 Å². The molecule has 0 saturated carbocycles. The topological polar surface area (TPSA) is 24.1 Å². The average molecular weight is 208 g/mol. The van der Waals surface area contributed by atoms with E-state index in [0.29, 0.717) is 12.5 Å². The number of unbranched alkanes of at least 4 members (excludes halogenated alkanes) is 1. The fraction of sp³-hybridized carbons (Fsp3) is 0.615. The fourth-order valence-corrected chi connectivity index (χ4v) is 1.59. The smallest absolute Gasteiger partial charge is 0.169 e. The largest absolute Gasteiger partial charge is 0.396 e. The molecule has 0 aliphatic heterocycles. The van der Waals surface area contributed by atoms with Crippen LogP contribution in [0.1, 0.15) is 44.6 Å². The number of hydrogen-bond acceptors (Lipinski definition) is 1. The fourth-order valence-electron chi connectivity index (χ4n) is 1.59. The third kappa shape index (κ3) is 4.00. The van der Waals surface area contributed by atoms with Gasteiger partial charge in [0.25, 0.3) is 0 Å². The molecule has 1 rings (SSSR count). The Bertz CT molecular complexity index is 268. The number of aliphatic hydroxyl groups excluding tert-OH is 1. The monoisotopic (exact) mass is 208 g/mol. The van der Waals surface area contributed by atoms with Crippen LogP contribution < -0.4 is 4.57 Å². The molecule has 1 aromatic rings. The Labute approximate surface area is 92.6 Å². The van der Waals surface area contributed by atoms with E-state index in [2.05, 4.69) is 42.9 Å². The number of nitrogens with zero attached hydrogens (tertiary/aromatic N) is 1. The van der Waals surface area contributed by atoms with E-state index < -0.39 is 0 Å². The number of aryl methyl sites for hydroxylation is 1. The zero-order chi connectivity index (χ0) is 11.1. The first kappa shape index (κ1) is 12.2. The molecule has 15 heavy (non-hydrogen) atoms. The quantitative estimate of drug-likeness (QED) is 0.563. The van der Waals surface area contributed by atoms with Gasteiger partial charge < -0.3 is 5.11 Å². The van der Waals surface area contributed by atoms with Gasteiger partial charge in [-0.2, -0.15) is 0 Å². The van der Waals surface area contributed by atoms with Crippen LogP contribution in [0.3, 0.4) is 0 Å². The predicted octanol–water partition coefficient (Wildman–Crippen LogP) is 2.26. The number of rotatable bonds is 6. The maximum atomic E-state index is 8.68. The predicted molar refractivity (Wildman–Crippen MR) is 61.7 cm³/mol. The molecule has 1 atom stereocenters. The number of aliphatic hydroxyl groups is 1. The molecule has 1 N–H and O–H groups in total. The molecule has 0 spiro atoms. The summed E-state index contributed by atoms with van der Waals surface area (Å²) >= 11 is 0. The van der Waals surface area contributed by atoms with E-state index in [4.69, 9.17) is 5.11 Å². The Balaban J connectivity index is 2.49. The van der Waals surface area contributed by atoms with Crippen molar-refractivity contribution in [3.8, 4) is 0 Å². The molecule has 1 unspecified atom stereocenters. The Kier molecular flexibility index (Phi) is 5.33. The molecule has 2 nitrogen and oxygen atoms in total. The van der Waals surface area contributed by atoms with Gasteiger partial charge >= 0.3 is 0 Å². The van der Waals surface area contributed by atoms with Crippen molar-refractivity contribution < 1.29 is 9.67 Å². The molecule has 1 aromatic heterocycles. The van der Waals surface area contributed by atoms with Crippen LogP contribution in [0, 0.1) is 0 Å². The van der Waals surface area contributed by atoms with E-state index in [1.54, 1.807) is 0 Å². The molecule has 0 aliphatic rings. The van der Waals surface area contributed by atoms with Crippen LogP contribution in [0.5, 0.6) is 0 Å². The molecule has 1 heterocycles. The number of aromatic nitrogens is 1. The summed E-state index contributed by atoms with van der Waals surface area (Å²) in [6.45, 7) is 5.77. The van der Waals surface area contributed by atoms with Gasteiger partial charge in [0, 0.05) is 25.2 Å². The second-order valence-electron chi connectivity index (χ2n) is 4.11. The Hall–Kier alpha value is -0.890. The van der Waals surface area contributed by atoms with Crippen molar-refractivity contribution in [3.63, 3.8) is 0 Å². The summed E-state index contributed by atoms with van der Waals surface area (Å²) in [5.41, 5.74) is 1.41. The highest BCUT2D eigenvalue weighted by atomic mass is 16.2. The van der Waals surface area contributed by atoms with E-state index in [9.17, 15) is 0 Å². The van der Waals surface area contributed by atoms with Crippen LogP contribution in [-0.4, -0.2) is 11.7 Å². The van der Waals surface area contributed by atoms with Gasteiger partial charge in [-0.05, 0) is 24.3 Å². The highest BCUT2D eigenvalue weighted by molar-refractivity contribution is 5.12. The van der Waals surface area contributed by atoms with Gasteiger partial charge in [0.15, 0.2) is 12.4 Å². The third-order valence-electron chi connectivity index (χ3n) is 2.92. The number of hydrogen-bond donors (Lipinski definition) is 1. The van der Waals surface area contributed by atoms with Gasteiger partial charge in [-0.25, -0.2) is 4.57 Å². The summed E-state index contributed by atoms with van der Waals surface area (Å²) in [6, 6.07) is 4.40. The SMILES string of the molecule is CCC(C)c1cc[n+](CCCCO)cc1. The average Bonchev–Trinajstić information content (AvgIpc) is 2.29. The second-order valence-corrected chi connectivity index (χ2v) is 4.11. The van der Waals surface area contributed by atoms with Crippen LogP contribution in [-0.2, 0) is 6.54 Å². The standard InChI is InChI=1S/C13H22NO/c1-3-12(2)13-6-9-14(10-7-13)8-4-5-11-15/h6-7,9-10,12,15H,3-5,8,11H2,1-2H3/q+1. The second kappa shape index (κ2) is 6.57. The van der Waals surface area contributed by atoms with E-state index in [0.717, 1.165) is 19.4 Å². The van der Waals surface area contributed by atoms with Crippen molar-refractivity contribution in [1.82, 2.24) is 0 Å². The molecule has 0 aromatic carbocycles. The van der Waals surface area contributed by atoms with Crippen molar-refractivity contribution >= 4 is 0 Å². The molecule has 0 saturated heterocycles. The highest BCUT2D eigenvalue weighted by Crippen LogP contribution is 2.16. The minimum atomic E-state index is 0.297. The molecule has 2 heteroatoms. The van der Waals surface area contributed by atoms with Gasteiger partial charge in [0.1, 0.15) is 6.54 Å². The van der Waals surface area contributed by atoms with Crippen LogP contribution >= 0.6 is 0 Å². The van der Waals surface area contributed by atoms with Gasteiger partial charge in [-0.1, -0.05) is 13.8 Å². The van der Waals surface area contributed by atoms with Crippen molar-refractivity contribution in [3.05, 3.63) is 30.1 Å². The van der Waals surface area contributed by atoms with Crippen molar-refractivity contribution in [2.45, 2.75) is 45.6 Å². The highest BCUT2D eigenvalue weighted by Gasteiger charge is 2.05. The van der Waals surface area contributed by atoms with Crippen LogP contribution in [0.25, 0.3) is 0 Å². The molecule has 0 radical (unpaired) electrons. The third-order valence-corrected chi connectivity index (χ3v) is 2.92. The Morgan fingerprint density at radius 3 is 2.47 bits per heavy atom. The van der Waals surface area contributed by atoms with E-state index >= 15 is 0 Å². The lowest BCUT2D eigenvalue weighted by atomic mass is 10.0. The molecule has 0 aliphatic carbocycles. The molecule has 0 bridgehead atoms. The van der Waals surface area contributed by atoms with E-state index in [-0.39, 0.29) is 0 Å². The summed E-state index contributed by atoms with van der Waals surface area (Å²) < 4.78 is 2.18. The van der Waals surface area contributed by atoms with Crippen molar-refractivity contribution in [1.29, 1.82) is 0 Å². The lowest BCUT2D eigenvalue weighted by molar-refractivity contribution is -0.697. The van der Waals surface area contributed by atoms with Gasteiger partial charge in [0.05, 0.1) is 0 Å². The minimum absolute atomic E-state index is 0.297. The first-order valence-corrected chi connectivity index (χ1v) is 5.87. The summed E-state index contributed by atoms with van der Waals surface area (Å²) in [5.74, 6) is 0.650. The molecule has 0 amide bonds. The zero-order valence-corrected chi connectivity index (χ0v) is 9.82. The maximum Gasteiger partial charge on any atom is 0.169 e. The van der Waals surface area contributed by atoms with Gasteiger partial charge in [-0.15, -0.1) is 0 Å². The Morgan fingerprint density at radius 2 is 1.93 bits per heavy atom. The summed E-state index contributed by atoms with van der Waals surface area (Å²) in [5, 5.41) is 8.68. The Morgan fingerprint density at radius 1 is 1.27 bits per heavy atom. The van der Waals surface area contributed by atoms with Gasteiger partial charge in [-0.3, -0.25) is 0 Å². The molecular formula is C13H22NO+. The molecule has 0 fully saturated rings. The van der Waals surface area contributed by atoms with Gasteiger partial charge in [0.2, 0.25) is 0 Å². The molecular weight excluding hydrogens is 186 g/mol. The summed E-state index contributed by atoms with van der Waals surface area (Å²) in [4.78, 5) is 0. The summed E-state index contributed by atoms with van der Waals surface area (Å²) in [6.07, 6.45) is 7.40. The maximum absolute atomic E-state index is 8.68. The first-order valence-electron chi connectivity index (χ1n) is 5.87. The first-order chi connectivity index (χ1) is 7.27. The summed E-state index contributed by atoms with van der Waals surface area (Å²) in [7, 11) is 0. The lowest BCUT2D eigenvalue weighted by Crippen LogP contribution is -2.32. The van der Waals surface area contributed by atoms with Crippen molar-refractivity contribution in [2.24, 2.45) is 0 Å². The van der Waals surface area contributed by atoms with Crippen molar-refractivity contribution in [2.75, 3.05) is 6.61 Å². The lowest BCUT2D eigenvalue weighted by Gasteiger charge is -2.06. The number of pyridine rings is 1. The van der Waals surface area contributed by atoms with E-state index in [1.807, 2.05) is 0 Å². The molecule has 84 valence electrons. The van der Waals surface area contributed by atoms with Crippen LogP contribution in [0.4, 0.5) is 0 Å². The normalized spacial score (nSPS) is 12.7. The minimum Gasteiger partial charge on any atom is -0.396 e.